The summed E-state index contributed by atoms with van der Waals surface area (Å²) in [5.41, 5.74) is 7.65. The van der Waals surface area contributed by atoms with Gasteiger partial charge in [0.15, 0.2) is 0 Å². The number of rotatable bonds is 3. The Kier molecular flexibility index (Phi) is 6.22. The summed E-state index contributed by atoms with van der Waals surface area (Å²) in [6, 6.07) is 67.5. The molecule has 10 aromatic carbocycles. The summed E-state index contributed by atoms with van der Waals surface area (Å²) in [7, 11) is 0. The maximum atomic E-state index is 2.41. The molecular weight excluding hydrogens is 633 g/mol. The van der Waals surface area contributed by atoms with Gasteiger partial charge in [-0.3, -0.25) is 0 Å². The quantitative estimate of drug-likeness (QED) is 0.165. The van der Waals surface area contributed by atoms with Crippen molar-refractivity contribution in [1.29, 1.82) is 0 Å². The number of fused-ring (bicyclic) bond motifs is 9. The minimum absolute atomic E-state index is 1.24. The molecular formula is C50H30S. The molecule has 51 heavy (non-hydrogen) atoms. The standard InChI is InChI=1S/C50H30S/c1-2-14-36-31(12-1)13-11-22-38(36)49-42-19-7-5-17-40(42)48(41-18-6-8-20-43(41)49)35-27-25-32-28-34(26-24-33(32)29-35)45-30-47-50(39-16-4-3-15-37(39)45)44-21-9-10-23-46(44)51-47/h1-30H. The van der Waals surface area contributed by atoms with Gasteiger partial charge >= 0.3 is 0 Å². The molecule has 0 spiro atoms. The van der Waals surface area contributed by atoms with E-state index in [1.165, 1.54) is 107 Å². The first-order valence-corrected chi connectivity index (χ1v) is 18.4. The van der Waals surface area contributed by atoms with Crippen LogP contribution in [0.5, 0.6) is 0 Å². The van der Waals surface area contributed by atoms with Crippen LogP contribution in [0.3, 0.4) is 0 Å². The van der Waals surface area contributed by atoms with E-state index in [0.717, 1.165) is 0 Å². The van der Waals surface area contributed by atoms with E-state index in [2.05, 4.69) is 182 Å². The van der Waals surface area contributed by atoms with Crippen molar-refractivity contribution in [2.75, 3.05) is 0 Å². The minimum atomic E-state index is 1.24. The van der Waals surface area contributed by atoms with E-state index in [1.54, 1.807) is 0 Å². The van der Waals surface area contributed by atoms with Gasteiger partial charge in [0.05, 0.1) is 0 Å². The van der Waals surface area contributed by atoms with E-state index < -0.39 is 0 Å². The Hall–Kier alpha value is -6.28. The molecule has 0 atom stereocenters. The van der Waals surface area contributed by atoms with E-state index in [-0.39, 0.29) is 0 Å². The summed E-state index contributed by atoms with van der Waals surface area (Å²) in [5, 5.41) is 15.5. The zero-order valence-corrected chi connectivity index (χ0v) is 28.5. The normalized spacial score (nSPS) is 11.9. The molecule has 0 nitrogen and oxygen atoms in total. The van der Waals surface area contributed by atoms with Crippen LogP contribution < -0.4 is 0 Å². The maximum Gasteiger partial charge on any atom is 0.0368 e. The van der Waals surface area contributed by atoms with E-state index in [0.29, 0.717) is 0 Å². The maximum absolute atomic E-state index is 2.41. The molecule has 0 bridgehead atoms. The Labute approximate surface area is 299 Å². The monoisotopic (exact) mass is 662 g/mol. The van der Waals surface area contributed by atoms with E-state index in [1.807, 2.05) is 11.3 Å². The zero-order valence-electron chi connectivity index (χ0n) is 27.7. The number of thiophene rings is 1. The fourth-order valence-corrected chi connectivity index (χ4v) is 9.73. The molecule has 0 amide bonds. The van der Waals surface area contributed by atoms with Crippen LogP contribution in [0, 0.1) is 0 Å². The van der Waals surface area contributed by atoms with Crippen LogP contribution in [-0.4, -0.2) is 0 Å². The van der Waals surface area contributed by atoms with Crippen molar-refractivity contribution in [3.05, 3.63) is 182 Å². The molecule has 0 aliphatic rings. The molecule has 0 aliphatic heterocycles. The Balaban J connectivity index is 1.11. The lowest BCUT2D eigenvalue weighted by molar-refractivity contribution is 1.68. The van der Waals surface area contributed by atoms with Crippen LogP contribution in [-0.2, 0) is 0 Å². The minimum Gasteiger partial charge on any atom is -0.135 e. The van der Waals surface area contributed by atoms with Gasteiger partial charge in [0, 0.05) is 20.2 Å². The highest BCUT2D eigenvalue weighted by Crippen LogP contribution is 2.46. The molecule has 0 radical (unpaired) electrons. The van der Waals surface area contributed by atoms with Gasteiger partial charge in [-0.2, -0.15) is 0 Å². The van der Waals surface area contributed by atoms with Crippen molar-refractivity contribution in [3.8, 4) is 33.4 Å². The second-order valence-corrected chi connectivity index (χ2v) is 14.7. The van der Waals surface area contributed by atoms with Gasteiger partial charge in [-0.25, -0.2) is 0 Å². The van der Waals surface area contributed by atoms with Gasteiger partial charge in [-0.1, -0.05) is 158 Å². The van der Waals surface area contributed by atoms with Gasteiger partial charge in [-0.05, 0) is 112 Å². The molecule has 0 saturated carbocycles. The van der Waals surface area contributed by atoms with Crippen molar-refractivity contribution in [2.45, 2.75) is 0 Å². The summed E-state index contributed by atoms with van der Waals surface area (Å²) in [6.07, 6.45) is 0. The van der Waals surface area contributed by atoms with Crippen LogP contribution in [0.25, 0.3) is 107 Å². The summed E-state index contributed by atoms with van der Waals surface area (Å²) in [5.74, 6) is 0. The smallest absolute Gasteiger partial charge is 0.0368 e. The van der Waals surface area contributed by atoms with E-state index in [4.69, 9.17) is 0 Å². The summed E-state index contributed by atoms with van der Waals surface area (Å²) in [4.78, 5) is 0. The highest BCUT2D eigenvalue weighted by atomic mass is 32.1. The van der Waals surface area contributed by atoms with E-state index >= 15 is 0 Å². The third-order valence-corrected chi connectivity index (χ3v) is 11.9. The predicted molar refractivity (Wildman–Crippen MR) is 223 cm³/mol. The molecule has 236 valence electrons. The third kappa shape index (κ3) is 4.32. The second kappa shape index (κ2) is 11.1. The SMILES string of the molecule is c1ccc2c(-c3c4ccccc4c(-c4ccc5cc(-c6cc7sc8ccccc8c7c7ccccc67)ccc5c4)c4ccccc34)cccc2c1. The van der Waals surface area contributed by atoms with Crippen LogP contribution >= 0.6 is 11.3 Å². The Morgan fingerprint density at radius 2 is 0.804 bits per heavy atom. The topological polar surface area (TPSA) is 0 Å². The Bertz CT molecular complexity index is 3130. The summed E-state index contributed by atoms with van der Waals surface area (Å²) < 4.78 is 2.68. The van der Waals surface area contributed by atoms with Gasteiger partial charge in [0.1, 0.15) is 0 Å². The molecule has 0 aliphatic carbocycles. The van der Waals surface area contributed by atoms with Crippen LogP contribution in [0.1, 0.15) is 0 Å². The van der Waals surface area contributed by atoms with Crippen molar-refractivity contribution in [3.63, 3.8) is 0 Å². The third-order valence-electron chi connectivity index (χ3n) is 10.8. The van der Waals surface area contributed by atoms with Crippen LogP contribution in [0.2, 0.25) is 0 Å². The van der Waals surface area contributed by atoms with Crippen LogP contribution in [0.4, 0.5) is 0 Å². The highest BCUT2D eigenvalue weighted by molar-refractivity contribution is 7.26. The first-order chi connectivity index (χ1) is 25.3. The highest BCUT2D eigenvalue weighted by Gasteiger charge is 2.19. The molecule has 11 rings (SSSR count). The lowest BCUT2D eigenvalue weighted by Gasteiger charge is -2.19. The second-order valence-electron chi connectivity index (χ2n) is 13.6. The largest absolute Gasteiger partial charge is 0.135 e. The van der Waals surface area contributed by atoms with E-state index in [9.17, 15) is 0 Å². The fourth-order valence-electron chi connectivity index (χ4n) is 8.57. The Morgan fingerprint density at radius 3 is 1.53 bits per heavy atom. The zero-order chi connectivity index (χ0) is 33.5. The molecule has 1 heterocycles. The number of benzene rings is 10. The van der Waals surface area contributed by atoms with Gasteiger partial charge < -0.3 is 0 Å². The van der Waals surface area contributed by atoms with Crippen molar-refractivity contribution < 1.29 is 0 Å². The molecule has 0 saturated heterocycles. The molecule has 11 aromatic rings. The average Bonchev–Trinajstić information content (AvgIpc) is 3.58. The number of hydrogen-bond donors (Lipinski definition) is 0. The molecule has 0 fully saturated rings. The van der Waals surface area contributed by atoms with Gasteiger partial charge in [0.25, 0.3) is 0 Å². The lowest BCUT2D eigenvalue weighted by Crippen LogP contribution is -1.91. The van der Waals surface area contributed by atoms with Crippen molar-refractivity contribution in [1.82, 2.24) is 0 Å². The molecule has 1 aromatic heterocycles. The summed E-state index contributed by atoms with van der Waals surface area (Å²) >= 11 is 1.89. The van der Waals surface area contributed by atoms with Crippen molar-refractivity contribution in [2.24, 2.45) is 0 Å². The molecule has 0 unspecified atom stereocenters. The summed E-state index contributed by atoms with van der Waals surface area (Å²) in [6.45, 7) is 0. The van der Waals surface area contributed by atoms with Crippen molar-refractivity contribution >= 4 is 85.4 Å². The predicted octanol–water partition coefficient (Wildman–Crippen LogP) is 14.8. The average molecular weight is 663 g/mol. The fraction of sp³-hybridized carbons (Fsp3) is 0. The lowest BCUT2D eigenvalue weighted by atomic mass is 9.84. The van der Waals surface area contributed by atoms with Gasteiger partial charge in [-0.15, -0.1) is 11.3 Å². The molecule has 0 N–H and O–H groups in total. The molecule has 1 heteroatoms. The number of hydrogen-bond acceptors (Lipinski definition) is 1. The van der Waals surface area contributed by atoms with Crippen LogP contribution in [0.15, 0.2) is 182 Å². The van der Waals surface area contributed by atoms with Gasteiger partial charge in [0.2, 0.25) is 0 Å². The first kappa shape index (κ1) is 28.5. The first-order valence-electron chi connectivity index (χ1n) is 17.6. The Morgan fingerprint density at radius 1 is 0.275 bits per heavy atom.